The maximum Gasteiger partial charge on any atom is 0.0753 e. The van der Waals surface area contributed by atoms with E-state index in [-0.39, 0.29) is 6.10 Å². The van der Waals surface area contributed by atoms with E-state index < -0.39 is 0 Å². The highest BCUT2D eigenvalue weighted by Crippen LogP contribution is 2.27. The molecular weight excluding hydrogens is 136 g/mol. The number of aliphatic hydroxyl groups excluding tert-OH is 1. The number of rotatable bonds is 1. The SMILES string of the molecule is C=C(C)C1CC=C(C)[C@@H](O)C1. The zero-order chi connectivity index (χ0) is 8.43. The van der Waals surface area contributed by atoms with Gasteiger partial charge in [0.2, 0.25) is 0 Å². The van der Waals surface area contributed by atoms with Crippen LogP contribution < -0.4 is 0 Å². The smallest absolute Gasteiger partial charge is 0.0753 e. The van der Waals surface area contributed by atoms with Gasteiger partial charge in [0.05, 0.1) is 6.10 Å². The third-order valence-corrected chi connectivity index (χ3v) is 2.45. The van der Waals surface area contributed by atoms with Crippen molar-refractivity contribution in [3.05, 3.63) is 23.8 Å². The van der Waals surface area contributed by atoms with E-state index in [1.54, 1.807) is 0 Å². The number of hydrogen-bond donors (Lipinski definition) is 1. The van der Waals surface area contributed by atoms with Gasteiger partial charge in [-0.25, -0.2) is 0 Å². The van der Waals surface area contributed by atoms with Crippen LogP contribution in [0.3, 0.4) is 0 Å². The Balaban J connectivity index is 2.62. The monoisotopic (exact) mass is 152 g/mol. The number of aliphatic hydroxyl groups is 1. The van der Waals surface area contributed by atoms with Gasteiger partial charge in [-0.15, -0.1) is 0 Å². The second-order valence-electron chi connectivity index (χ2n) is 3.48. The fourth-order valence-corrected chi connectivity index (χ4v) is 1.42. The summed E-state index contributed by atoms with van der Waals surface area (Å²) in [6.07, 6.45) is 3.80. The molecule has 0 aromatic heterocycles. The standard InChI is InChI=1S/C10H16O/c1-7(2)9-5-4-8(3)10(11)6-9/h4,9-11H,1,5-6H2,2-3H3/t9?,10-/m0/s1. The first-order valence-corrected chi connectivity index (χ1v) is 4.11. The molecule has 0 heterocycles. The molecule has 0 saturated carbocycles. The quantitative estimate of drug-likeness (QED) is 0.571. The van der Waals surface area contributed by atoms with E-state index in [4.69, 9.17) is 0 Å². The van der Waals surface area contributed by atoms with Crippen molar-refractivity contribution in [1.82, 2.24) is 0 Å². The van der Waals surface area contributed by atoms with E-state index in [1.165, 1.54) is 5.57 Å². The van der Waals surface area contributed by atoms with E-state index in [1.807, 2.05) is 13.8 Å². The summed E-state index contributed by atoms with van der Waals surface area (Å²) in [5.74, 6) is 0.494. The summed E-state index contributed by atoms with van der Waals surface area (Å²) in [7, 11) is 0. The minimum Gasteiger partial charge on any atom is -0.389 e. The van der Waals surface area contributed by atoms with E-state index in [0.717, 1.165) is 18.4 Å². The molecule has 0 aliphatic heterocycles. The summed E-state index contributed by atoms with van der Waals surface area (Å²) in [6.45, 7) is 7.92. The second kappa shape index (κ2) is 3.22. The Labute approximate surface area is 68.4 Å². The first-order valence-electron chi connectivity index (χ1n) is 4.11. The average Bonchev–Trinajstić information content (AvgIpc) is 1.94. The highest BCUT2D eigenvalue weighted by molar-refractivity contribution is 5.14. The molecule has 1 rings (SSSR count). The lowest BCUT2D eigenvalue weighted by molar-refractivity contribution is 0.174. The molecule has 0 spiro atoms. The zero-order valence-electron chi connectivity index (χ0n) is 7.30. The van der Waals surface area contributed by atoms with Crippen LogP contribution in [-0.2, 0) is 0 Å². The summed E-state index contributed by atoms with van der Waals surface area (Å²) in [4.78, 5) is 0. The lowest BCUT2D eigenvalue weighted by atomic mass is 9.84. The third-order valence-electron chi connectivity index (χ3n) is 2.45. The molecule has 0 aromatic carbocycles. The minimum absolute atomic E-state index is 0.231. The molecule has 0 radical (unpaired) electrons. The summed E-state index contributed by atoms with van der Waals surface area (Å²) in [5, 5.41) is 9.49. The molecule has 1 unspecified atom stereocenters. The molecule has 1 N–H and O–H groups in total. The molecular formula is C10H16O. The lowest BCUT2D eigenvalue weighted by Crippen LogP contribution is -2.19. The number of allylic oxidation sites excluding steroid dienone is 2. The van der Waals surface area contributed by atoms with Gasteiger partial charge in [-0.3, -0.25) is 0 Å². The summed E-state index contributed by atoms with van der Waals surface area (Å²) < 4.78 is 0. The van der Waals surface area contributed by atoms with Gasteiger partial charge in [0.25, 0.3) is 0 Å². The van der Waals surface area contributed by atoms with Crippen molar-refractivity contribution >= 4 is 0 Å². The fraction of sp³-hybridized carbons (Fsp3) is 0.600. The van der Waals surface area contributed by atoms with Crippen LogP contribution in [0, 0.1) is 5.92 Å². The summed E-state index contributed by atoms with van der Waals surface area (Å²) in [6, 6.07) is 0. The van der Waals surface area contributed by atoms with Crippen molar-refractivity contribution in [3.63, 3.8) is 0 Å². The van der Waals surface area contributed by atoms with Crippen LogP contribution in [0.2, 0.25) is 0 Å². The van der Waals surface area contributed by atoms with Gasteiger partial charge >= 0.3 is 0 Å². The van der Waals surface area contributed by atoms with Crippen molar-refractivity contribution in [3.8, 4) is 0 Å². The number of hydrogen-bond acceptors (Lipinski definition) is 1. The van der Waals surface area contributed by atoms with Crippen molar-refractivity contribution in [2.75, 3.05) is 0 Å². The molecule has 62 valence electrons. The summed E-state index contributed by atoms with van der Waals surface area (Å²) >= 11 is 0. The van der Waals surface area contributed by atoms with Crippen LogP contribution in [0.5, 0.6) is 0 Å². The van der Waals surface area contributed by atoms with Crippen molar-refractivity contribution in [2.24, 2.45) is 5.92 Å². The highest BCUT2D eigenvalue weighted by Gasteiger charge is 2.19. The average molecular weight is 152 g/mol. The van der Waals surface area contributed by atoms with Crippen LogP contribution in [-0.4, -0.2) is 11.2 Å². The molecule has 0 saturated heterocycles. The predicted octanol–water partition coefficient (Wildman–Crippen LogP) is 2.28. The second-order valence-corrected chi connectivity index (χ2v) is 3.48. The van der Waals surface area contributed by atoms with E-state index in [9.17, 15) is 5.11 Å². The Hall–Kier alpha value is -0.560. The largest absolute Gasteiger partial charge is 0.389 e. The highest BCUT2D eigenvalue weighted by atomic mass is 16.3. The normalized spacial score (nSPS) is 31.4. The van der Waals surface area contributed by atoms with Gasteiger partial charge in [0.1, 0.15) is 0 Å². The molecule has 1 aliphatic rings. The Morgan fingerprint density at radius 1 is 1.73 bits per heavy atom. The molecule has 0 fully saturated rings. The van der Waals surface area contributed by atoms with Gasteiger partial charge in [0, 0.05) is 0 Å². The van der Waals surface area contributed by atoms with Gasteiger partial charge in [-0.2, -0.15) is 0 Å². The van der Waals surface area contributed by atoms with Crippen LogP contribution in [0.25, 0.3) is 0 Å². The lowest BCUT2D eigenvalue weighted by Gasteiger charge is -2.24. The fourth-order valence-electron chi connectivity index (χ4n) is 1.42. The molecule has 1 aliphatic carbocycles. The van der Waals surface area contributed by atoms with E-state index in [2.05, 4.69) is 12.7 Å². The Morgan fingerprint density at radius 3 is 2.82 bits per heavy atom. The molecule has 0 aromatic rings. The molecule has 1 heteroatoms. The Morgan fingerprint density at radius 2 is 2.36 bits per heavy atom. The first kappa shape index (κ1) is 8.54. The van der Waals surface area contributed by atoms with Crippen molar-refractivity contribution in [2.45, 2.75) is 32.8 Å². The molecule has 0 bridgehead atoms. The van der Waals surface area contributed by atoms with Crippen LogP contribution in [0.15, 0.2) is 23.8 Å². The van der Waals surface area contributed by atoms with Crippen molar-refractivity contribution in [1.29, 1.82) is 0 Å². The third kappa shape index (κ3) is 1.93. The van der Waals surface area contributed by atoms with Gasteiger partial charge in [-0.05, 0) is 38.2 Å². The topological polar surface area (TPSA) is 20.2 Å². The van der Waals surface area contributed by atoms with Gasteiger partial charge in [-0.1, -0.05) is 18.2 Å². The first-order chi connectivity index (χ1) is 5.11. The molecule has 2 atom stereocenters. The maximum absolute atomic E-state index is 9.49. The zero-order valence-corrected chi connectivity index (χ0v) is 7.30. The predicted molar refractivity (Wildman–Crippen MR) is 47.3 cm³/mol. The summed E-state index contributed by atoms with van der Waals surface area (Å²) in [5.41, 5.74) is 2.30. The van der Waals surface area contributed by atoms with Crippen LogP contribution in [0.1, 0.15) is 26.7 Å². The van der Waals surface area contributed by atoms with Crippen LogP contribution in [0.4, 0.5) is 0 Å². The molecule has 11 heavy (non-hydrogen) atoms. The minimum atomic E-state index is -0.231. The van der Waals surface area contributed by atoms with Crippen LogP contribution >= 0.6 is 0 Å². The maximum atomic E-state index is 9.49. The van der Waals surface area contributed by atoms with E-state index >= 15 is 0 Å². The Bertz CT molecular complexity index is 191. The van der Waals surface area contributed by atoms with E-state index in [0.29, 0.717) is 5.92 Å². The molecule has 1 nitrogen and oxygen atoms in total. The van der Waals surface area contributed by atoms with Crippen molar-refractivity contribution < 1.29 is 5.11 Å². The van der Waals surface area contributed by atoms with Gasteiger partial charge < -0.3 is 5.11 Å². The molecule has 0 amide bonds. The Kier molecular flexibility index (Phi) is 2.50. The van der Waals surface area contributed by atoms with Gasteiger partial charge in [0.15, 0.2) is 0 Å².